The number of carbonyl (C=O) groups is 3. The maximum absolute atomic E-state index is 11.9. The maximum atomic E-state index is 11.9. The first-order chi connectivity index (χ1) is 12.2. The van der Waals surface area contributed by atoms with E-state index in [-0.39, 0.29) is 11.8 Å². The van der Waals surface area contributed by atoms with Crippen LogP contribution in [0, 0.1) is 17.8 Å². The summed E-state index contributed by atoms with van der Waals surface area (Å²) in [5.41, 5.74) is -1.19. The van der Waals surface area contributed by atoms with E-state index in [0.717, 1.165) is 6.42 Å². The highest BCUT2D eigenvalue weighted by molar-refractivity contribution is 5.73. The number of carboxylic acid groups (broad SMARTS) is 1. The Morgan fingerprint density at radius 1 is 1.00 bits per heavy atom. The SMILES string of the molecule is C[C@@H](NC(=O)OC(C)(C)C)[C@@H](CC1CC1CNC(=O)OC(C)(C)C)C(=O)O. The van der Waals surface area contributed by atoms with Crippen LogP contribution in [-0.2, 0) is 14.3 Å². The maximum Gasteiger partial charge on any atom is 0.407 e. The van der Waals surface area contributed by atoms with Crippen LogP contribution in [0.1, 0.15) is 61.3 Å². The van der Waals surface area contributed by atoms with E-state index >= 15 is 0 Å². The Balaban J connectivity index is 2.44. The highest BCUT2D eigenvalue weighted by Gasteiger charge is 2.42. The minimum absolute atomic E-state index is 0.198. The van der Waals surface area contributed by atoms with Crippen molar-refractivity contribution in [1.29, 1.82) is 0 Å². The summed E-state index contributed by atoms with van der Waals surface area (Å²) >= 11 is 0. The molecule has 1 aliphatic rings. The second-order valence-electron chi connectivity index (χ2n) is 9.25. The molecule has 0 heterocycles. The number of amides is 2. The van der Waals surface area contributed by atoms with Crippen LogP contribution in [0.5, 0.6) is 0 Å². The summed E-state index contributed by atoms with van der Waals surface area (Å²) in [6, 6.07) is -0.558. The number of nitrogens with one attached hydrogen (secondary N) is 2. The third-order valence-corrected chi connectivity index (χ3v) is 4.20. The Morgan fingerprint density at radius 3 is 2.00 bits per heavy atom. The molecule has 27 heavy (non-hydrogen) atoms. The predicted octanol–water partition coefficient (Wildman–Crippen LogP) is 3.15. The van der Waals surface area contributed by atoms with E-state index in [4.69, 9.17) is 9.47 Å². The first kappa shape index (κ1) is 23.0. The van der Waals surface area contributed by atoms with Crippen molar-refractivity contribution in [2.24, 2.45) is 17.8 Å². The van der Waals surface area contributed by atoms with Crippen LogP contribution < -0.4 is 10.6 Å². The summed E-state index contributed by atoms with van der Waals surface area (Å²) in [6.45, 7) is 12.8. The molecule has 0 aliphatic heterocycles. The van der Waals surface area contributed by atoms with Crippen molar-refractivity contribution in [3.05, 3.63) is 0 Å². The van der Waals surface area contributed by atoms with Crippen molar-refractivity contribution >= 4 is 18.2 Å². The number of aliphatic carboxylic acids is 1. The molecule has 0 aromatic carbocycles. The summed E-state index contributed by atoms with van der Waals surface area (Å²) in [4.78, 5) is 35.2. The lowest BCUT2D eigenvalue weighted by Crippen LogP contribution is -2.44. The third kappa shape index (κ3) is 9.49. The summed E-state index contributed by atoms with van der Waals surface area (Å²) < 4.78 is 10.4. The zero-order valence-corrected chi connectivity index (χ0v) is 17.4. The molecule has 0 aromatic rings. The van der Waals surface area contributed by atoms with Gasteiger partial charge in [0.05, 0.1) is 5.92 Å². The largest absolute Gasteiger partial charge is 0.481 e. The van der Waals surface area contributed by atoms with E-state index in [1.807, 2.05) is 0 Å². The molecule has 2 unspecified atom stereocenters. The molecule has 4 atom stereocenters. The molecule has 8 nitrogen and oxygen atoms in total. The van der Waals surface area contributed by atoms with Crippen LogP contribution >= 0.6 is 0 Å². The van der Waals surface area contributed by atoms with Gasteiger partial charge in [0.2, 0.25) is 0 Å². The monoisotopic (exact) mass is 386 g/mol. The molecule has 1 aliphatic carbocycles. The van der Waals surface area contributed by atoms with Gasteiger partial charge in [0, 0.05) is 12.6 Å². The van der Waals surface area contributed by atoms with Crippen LogP contribution in [-0.4, -0.2) is 47.1 Å². The Hall–Kier alpha value is -1.99. The number of rotatable bonds is 7. The molecule has 1 rings (SSSR count). The molecule has 1 fully saturated rings. The highest BCUT2D eigenvalue weighted by Crippen LogP contribution is 2.43. The predicted molar refractivity (Wildman–Crippen MR) is 100 cm³/mol. The molecular weight excluding hydrogens is 352 g/mol. The fourth-order valence-electron chi connectivity index (χ4n) is 2.82. The van der Waals surface area contributed by atoms with Crippen molar-refractivity contribution in [3.63, 3.8) is 0 Å². The molecule has 8 heteroatoms. The van der Waals surface area contributed by atoms with E-state index < -0.39 is 41.3 Å². The quantitative estimate of drug-likeness (QED) is 0.619. The Kier molecular flexibility index (Phi) is 7.51. The minimum Gasteiger partial charge on any atom is -0.481 e. The molecule has 156 valence electrons. The van der Waals surface area contributed by atoms with Crippen LogP contribution in [0.2, 0.25) is 0 Å². The van der Waals surface area contributed by atoms with Crippen LogP contribution in [0.3, 0.4) is 0 Å². The van der Waals surface area contributed by atoms with Crippen molar-refractivity contribution in [2.45, 2.75) is 78.6 Å². The summed E-state index contributed by atoms with van der Waals surface area (Å²) in [5, 5.41) is 14.8. The molecule has 0 bridgehead atoms. The number of alkyl carbamates (subject to hydrolysis) is 2. The van der Waals surface area contributed by atoms with Crippen molar-refractivity contribution in [3.8, 4) is 0 Å². The molecule has 0 aromatic heterocycles. The Morgan fingerprint density at radius 2 is 1.52 bits per heavy atom. The Labute approximate surface area is 161 Å². The molecular formula is C19H34N2O6. The first-order valence-electron chi connectivity index (χ1n) is 9.37. The van der Waals surface area contributed by atoms with Gasteiger partial charge in [-0.05, 0) is 73.1 Å². The van der Waals surface area contributed by atoms with Crippen molar-refractivity contribution < 1.29 is 29.0 Å². The average molecular weight is 386 g/mol. The molecule has 0 spiro atoms. The molecule has 1 saturated carbocycles. The van der Waals surface area contributed by atoms with Gasteiger partial charge in [-0.1, -0.05) is 0 Å². The fourth-order valence-corrected chi connectivity index (χ4v) is 2.82. The van der Waals surface area contributed by atoms with Crippen LogP contribution in [0.15, 0.2) is 0 Å². The van der Waals surface area contributed by atoms with E-state index in [0.29, 0.717) is 13.0 Å². The van der Waals surface area contributed by atoms with E-state index in [9.17, 15) is 19.5 Å². The minimum atomic E-state index is -0.954. The second kappa shape index (κ2) is 8.80. The number of hydrogen-bond acceptors (Lipinski definition) is 5. The topological polar surface area (TPSA) is 114 Å². The van der Waals surface area contributed by atoms with Gasteiger partial charge in [-0.2, -0.15) is 0 Å². The van der Waals surface area contributed by atoms with Gasteiger partial charge in [0.25, 0.3) is 0 Å². The van der Waals surface area contributed by atoms with Gasteiger partial charge < -0.3 is 25.2 Å². The third-order valence-electron chi connectivity index (χ3n) is 4.20. The number of ether oxygens (including phenoxy) is 2. The highest BCUT2D eigenvalue weighted by atomic mass is 16.6. The van der Waals surface area contributed by atoms with Gasteiger partial charge in [-0.15, -0.1) is 0 Å². The molecule has 0 saturated heterocycles. The van der Waals surface area contributed by atoms with Gasteiger partial charge in [-0.25, -0.2) is 9.59 Å². The van der Waals surface area contributed by atoms with Crippen molar-refractivity contribution in [2.75, 3.05) is 6.54 Å². The zero-order valence-electron chi connectivity index (χ0n) is 17.4. The van der Waals surface area contributed by atoms with Gasteiger partial charge in [-0.3, -0.25) is 4.79 Å². The number of carbonyl (C=O) groups excluding carboxylic acids is 2. The van der Waals surface area contributed by atoms with Crippen LogP contribution in [0.25, 0.3) is 0 Å². The molecule has 0 radical (unpaired) electrons. The summed E-state index contributed by atoms with van der Waals surface area (Å²) in [5.74, 6) is -1.24. The summed E-state index contributed by atoms with van der Waals surface area (Å²) in [7, 11) is 0. The molecule has 2 amide bonds. The van der Waals surface area contributed by atoms with Gasteiger partial charge in [0.1, 0.15) is 11.2 Å². The van der Waals surface area contributed by atoms with Crippen LogP contribution in [0.4, 0.5) is 9.59 Å². The second-order valence-corrected chi connectivity index (χ2v) is 9.25. The lowest BCUT2D eigenvalue weighted by atomic mass is 9.94. The van der Waals surface area contributed by atoms with E-state index in [1.165, 1.54) is 0 Å². The lowest BCUT2D eigenvalue weighted by molar-refractivity contribution is -0.143. The Bertz CT molecular complexity index is 549. The first-order valence-corrected chi connectivity index (χ1v) is 9.37. The van der Waals surface area contributed by atoms with E-state index in [1.54, 1.807) is 48.5 Å². The summed E-state index contributed by atoms with van der Waals surface area (Å²) in [6.07, 6.45) is 0.189. The van der Waals surface area contributed by atoms with E-state index in [2.05, 4.69) is 10.6 Å². The van der Waals surface area contributed by atoms with Crippen molar-refractivity contribution in [1.82, 2.24) is 10.6 Å². The standard InChI is InChI=1S/C19H34N2O6/c1-11(21-17(25)27-19(5,6)7)14(15(22)23)9-12-8-13(12)10-20-16(24)26-18(2,3)4/h11-14H,8-10H2,1-7H3,(H,20,24)(H,21,25)(H,22,23)/t11-,12?,13?,14-/m1/s1. The number of carboxylic acids is 1. The molecule has 3 N–H and O–H groups in total. The van der Waals surface area contributed by atoms with Gasteiger partial charge in [0.15, 0.2) is 0 Å². The van der Waals surface area contributed by atoms with Gasteiger partial charge >= 0.3 is 18.2 Å². The lowest BCUT2D eigenvalue weighted by Gasteiger charge is -2.25. The normalized spacial score (nSPS) is 21.6. The zero-order chi connectivity index (χ0) is 21.0. The average Bonchev–Trinajstić information content (AvgIpc) is 3.16. The smallest absolute Gasteiger partial charge is 0.407 e. The number of hydrogen-bond donors (Lipinski definition) is 3. The fraction of sp³-hybridized carbons (Fsp3) is 0.842.